The quantitative estimate of drug-likeness (QED) is 0.927. The lowest BCUT2D eigenvalue weighted by Crippen LogP contribution is -2.21. The van der Waals surface area contributed by atoms with Gasteiger partial charge in [0.2, 0.25) is 5.95 Å². The van der Waals surface area contributed by atoms with Gasteiger partial charge in [0.05, 0.1) is 11.2 Å². The summed E-state index contributed by atoms with van der Waals surface area (Å²) >= 11 is 5.71. The molecule has 0 aliphatic carbocycles. The van der Waals surface area contributed by atoms with Crippen LogP contribution in [0.5, 0.6) is 0 Å². The molecule has 1 N–H and O–H groups in total. The summed E-state index contributed by atoms with van der Waals surface area (Å²) in [6.07, 6.45) is 0.533. The van der Waals surface area contributed by atoms with E-state index in [1.807, 2.05) is 0 Å². The van der Waals surface area contributed by atoms with Crippen molar-refractivity contribution in [1.29, 1.82) is 0 Å². The van der Waals surface area contributed by atoms with Crippen LogP contribution in [-0.2, 0) is 4.74 Å². The zero-order valence-electron chi connectivity index (χ0n) is 9.94. The molecule has 1 saturated heterocycles. The summed E-state index contributed by atoms with van der Waals surface area (Å²) in [6.45, 7) is 0.0458. The van der Waals surface area contributed by atoms with Gasteiger partial charge >= 0.3 is 6.09 Å². The molecular formula is C12H8ClF2N3O2. The molecular weight excluding hydrogens is 292 g/mol. The summed E-state index contributed by atoms with van der Waals surface area (Å²) < 4.78 is 32.7. The van der Waals surface area contributed by atoms with Crippen LogP contribution >= 0.6 is 11.6 Å². The summed E-state index contributed by atoms with van der Waals surface area (Å²) in [5.41, 5.74) is 0.434. The molecule has 1 aromatic carbocycles. The smallest absolute Gasteiger partial charge is 0.407 e. The number of ether oxygens (including phenoxy) is 1. The molecule has 0 saturated carbocycles. The number of hydrogen-bond acceptors (Lipinski definition) is 3. The van der Waals surface area contributed by atoms with Crippen LogP contribution in [0.15, 0.2) is 24.4 Å². The van der Waals surface area contributed by atoms with E-state index in [9.17, 15) is 13.6 Å². The van der Waals surface area contributed by atoms with Crippen molar-refractivity contribution in [3.05, 3.63) is 47.0 Å². The molecule has 1 aliphatic rings. The molecule has 0 radical (unpaired) electrons. The largest absolute Gasteiger partial charge is 0.447 e. The molecule has 0 spiro atoms. The van der Waals surface area contributed by atoms with Crippen molar-refractivity contribution >= 4 is 17.7 Å². The van der Waals surface area contributed by atoms with Gasteiger partial charge in [0.1, 0.15) is 24.3 Å². The molecule has 0 bridgehead atoms. The maximum absolute atomic E-state index is 13.4. The fourth-order valence-corrected chi connectivity index (χ4v) is 2.15. The van der Waals surface area contributed by atoms with Gasteiger partial charge in [-0.15, -0.1) is 0 Å². The first kappa shape index (κ1) is 12.9. The lowest BCUT2D eigenvalue weighted by Gasteiger charge is -2.11. The Kier molecular flexibility index (Phi) is 3.06. The summed E-state index contributed by atoms with van der Waals surface area (Å²) in [5, 5.41) is 2.41. The molecule has 1 amide bonds. The highest BCUT2D eigenvalue weighted by Crippen LogP contribution is 2.24. The van der Waals surface area contributed by atoms with Crippen LogP contribution in [0, 0.1) is 11.8 Å². The van der Waals surface area contributed by atoms with Crippen molar-refractivity contribution in [1.82, 2.24) is 14.9 Å². The minimum absolute atomic E-state index is 0.0458. The first-order valence-electron chi connectivity index (χ1n) is 5.68. The van der Waals surface area contributed by atoms with Crippen LogP contribution in [0.3, 0.4) is 0 Å². The topological polar surface area (TPSA) is 56.2 Å². The number of cyclic esters (lactones) is 1. The molecule has 1 atom stereocenters. The highest BCUT2D eigenvalue weighted by atomic mass is 35.5. The van der Waals surface area contributed by atoms with Crippen molar-refractivity contribution in [3.63, 3.8) is 0 Å². The third-order valence-corrected chi connectivity index (χ3v) is 3.16. The second-order valence-corrected chi connectivity index (χ2v) is 4.59. The lowest BCUT2D eigenvalue weighted by molar-refractivity contribution is 0.176. The lowest BCUT2D eigenvalue weighted by atomic mass is 10.2. The summed E-state index contributed by atoms with van der Waals surface area (Å²) in [5.74, 6) is -1.05. The number of imidazole rings is 1. The Hall–Kier alpha value is -2.15. The van der Waals surface area contributed by atoms with Gasteiger partial charge in [-0.1, -0.05) is 11.6 Å². The Bertz CT molecular complexity index is 689. The van der Waals surface area contributed by atoms with Gasteiger partial charge in [0.25, 0.3) is 0 Å². The van der Waals surface area contributed by atoms with Gasteiger partial charge in [-0.25, -0.2) is 14.2 Å². The van der Waals surface area contributed by atoms with Gasteiger partial charge in [0.15, 0.2) is 0 Å². The van der Waals surface area contributed by atoms with Gasteiger partial charge in [-0.3, -0.25) is 4.57 Å². The average molecular weight is 300 g/mol. The molecule has 5 nitrogen and oxygen atoms in total. The number of rotatable bonds is 2. The minimum atomic E-state index is -0.721. The molecule has 1 aliphatic heterocycles. The number of amides is 1. The summed E-state index contributed by atoms with van der Waals surface area (Å²) in [7, 11) is 0. The van der Waals surface area contributed by atoms with Gasteiger partial charge in [0, 0.05) is 5.69 Å². The van der Waals surface area contributed by atoms with E-state index in [-0.39, 0.29) is 17.5 Å². The first-order chi connectivity index (χ1) is 9.54. The van der Waals surface area contributed by atoms with E-state index in [4.69, 9.17) is 16.3 Å². The van der Waals surface area contributed by atoms with Gasteiger partial charge in [-0.2, -0.15) is 4.39 Å². The highest BCUT2D eigenvalue weighted by Gasteiger charge is 2.29. The number of halogens is 3. The van der Waals surface area contributed by atoms with Crippen LogP contribution in [-0.4, -0.2) is 22.3 Å². The van der Waals surface area contributed by atoms with Crippen molar-refractivity contribution in [2.75, 3.05) is 6.61 Å². The number of aromatic nitrogens is 2. The molecule has 104 valence electrons. The number of carbonyl (C=O) groups excluding carboxylic acids is 1. The first-order valence-corrected chi connectivity index (χ1v) is 6.06. The summed E-state index contributed by atoms with van der Waals surface area (Å²) in [6, 6.07) is 3.38. The zero-order chi connectivity index (χ0) is 14.3. The Morgan fingerprint density at radius 1 is 1.45 bits per heavy atom. The second-order valence-electron chi connectivity index (χ2n) is 4.19. The van der Waals surface area contributed by atoms with E-state index in [0.29, 0.717) is 5.69 Å². The predicted octanol–water partition coefficient (Wildman–Crippen LogP) is 2.58. The SMILES string of the molecule is O=C1NC(c2nc(F)cn2-c2ccc(F)c(Cl)c2)CO1. The molecule has 2 aromatic rings. The van der Waals surface area contributed by atoms with Gasteiger partial charge in [-0.05, 0) is 18.2 Å². The third-order valence-electron chi connectivity index (χ3n) is 2.87. The van der Waals surface area contributed by atoms with Crippen molar-refractivity contribution in [2.24, 2.45) is 0 Å². The van der Waals surface area contributed by atoms with Crippen LogP contribution in [0.1, 0.15) is 11.9 Å². The normalized spacial score (nSPS) is 17.9. The van der Waals surface area contributed by atoms with Crippen molar-refractivity contribution < 1.29 is 18.3 Å². The molecule has 2 heterocycles. The maximum Gasteiger partial charge on any atom is 0.407 e. The fourth-order valence-electron chi connectivity index (χ4n) is 1.98. The fraction of sp³-hybridized carbons (Fsp3) is 0.167. The maximum atomic E-state index is 13.4. The van der Waals surface area contributed by atoms with E-state index in [1.54, 1.807) is 0 Å². The molecule has 8 heteroatoms. The van der Waals surface area contributed by atoms with Crippen LogP contribution < -0.4 is 5.32 Å². The Morgan fingerprint density at radius 2 is 2.25 bits per heavy atom. The van der Waals surface area contributed by atoms with E-state index in [0.717, 1.165) is 6.20 Å². The molecule has 1 unspecified atom stereocenters. The molecule has 1 fully saturated rings. The van der Waals surface area contributed by atoms with Crippen LogP contribution in [0.2, 0.25) is 5.02 Å². The second kappa shape index (κ2) is 4.75. The highest BCUT2D eigenvalue weighted by molar-refractivity contribution is 6.30. The number of alkyl carbamates (subject to hydrolysis) is 1. The van der Waals surface area contributed by atoms with E-state index >= 15 is 0 Å². The average Bonchev–Trinajstić information content (AvgIpc) is 2.99. The minimum Gasteiger partial charge on any atom is -0.447 e. The molecule has 1 aromatic heterocycles. The van der Waals surface area contributed by atoms with Crippen molar-refractivity contribution in [3.8, 4) is 5.69 Å². The standard InChI is InChI=1S/C12H8ClF2N3O2/c13-7-3-6(1-2-8(7)14)18-4-10(15)17-11(18)9-5-20-12(19)16-9/h1-4,9H,5H2,(H,16,19). The number of nitrogens with one attached hydrogen (secondary N) is 1. The zero-order valence-corrected chi connectivity index (χ0v) is 10.7. The number of carbonyl (C=O) groups is 1. The van der Waals surface area contributed by atoms with E-state index in [1.165, 1.54) is 22.8 Å². The van der Waals surface area contributed by atoms with E-state index < -0.39 is 23.9 Å². The third kappa shape index (κ3) is 2.20. The van der Waals surface area contributed by atoms with Gasteiger partial charge < -0.3 is 10.1 Å². The monoisotopic (exact) mass is 299 g/mol. The van der Waals surface area contributed by atoms with Crippen LogP contribution in [0.25, 0.3) is 5.69 Å². The number of benzene rings is 1. The molecule has 20 heavy (non-hydrogen) atoms. The van der Waals surface area contributed by atoms with E-state index in [2.05, 4.69) is 10.3 Å². The Labute approximate surface area is 117 Å². The number of nitrogens with zero attached hydrogens (tertiary/aromatic N) is 2. The number of hydrogen-bond donors (Lipinski definition) is 1. The van der Waals surface area contributed by atoms with Crippen molar-refractivity contribution in [2.45, 2.75) is 6.04 Å². The summed E-state index contributed by atoms with van der Waals surface area (Å²) in [4.78, 5) is 14.8. The predicted molar refractivity (Wildman–Crippen MR) is 65.7 cm³/mol. The Balaban J connectivity index is 2.04. The van der Waals surface area contributed by atoms with Crippen LogP contribution in [0.4, 0.5) is 13.6 Å². The molecule has 3 rings (SSSR count). The Morgan fingerprint density at radius 3 is 2.90 bits per heavy atom.